The highest BCUT2D eigenvalue weighted by atomic mass is 16.5. The van der Waals surface area contributed by atoms with Crippen LogP contribution in [0.4, 0.5) is 5.69 Å². The van der Waals surface area contributed by atoms with Crippen LogP contribution in [-0.2, 0) is 4.74 Å². The number of carbonyl (C=O) groups is 1. The van der Waals surface area contributed by atoms with Crippen LogP contribution in [0, 0.1) is 0 Å². The van der Waals surface area contributed by atoms with Gasteiger partial charge >= 0.3 is 5.97 Å². The maximum Gasteiger partial charge on any atom is 0.354 e. The standard InChI is InChI=1S/C13H19N3O3/c17-13(18)12-3-2-11(10-15-12)14-4-1-5-16-6-8-19-9-7-16/h2-3,10,14H,1,4-9H2,(H,17,18). The second-order valence-electron chi connectivity index (χ2n) is 4.47. The third-order valence-electron chi connectivity index (χ3n) is 3.07. The van der Waals surface area contributed by atoms with E-state index in [0.717, 1.165) is 51.5 Å². The van der Waals surface area contributed by atoms with Crippen LogP contribution in [-0.4, -0.2) is 60.4 Å². The van der Waals surface area contributed by atoms with Crippen LogP contribution < -0.4 is 5.32 Å². The zero-order chi connectivity index (χ0) is 13.5. The van der Waals surface area contributed by atoms with Gasteiger partial charge in [-0.1, -0.05) is 0 Å². The van der Waals surface area contributed by atoms with E-state index in [1.54, 1.807) is 12.3 Å². The minimum atomic E-state index is -1.00. The summed E-state index contributed by atoms with van der Waals surface area (Å²) in [6.07, 6.45) is 2.60. The molecule has 2 heterocycles. The van der Waals surface area contributed by atoms with E-state index in [9.17, 15) is 4.79 Å². The fourth-order valence-electron chi connectivity index (χ4n) is 1.99. The highest BCUT2D eigenvalue weighted by molar-refractivity contribution is 5.85. The number of carboxylic acid groups (broad SMARTS) is 1. The minimum absolute atomic E-state index is 0.0684. The number of anilines is 1. The molecule has 6 nitrogen and oxygen atoms in total. The Kier molecular flexibility index (Phi) is 5.11. The summed E-state index contributed by atoms with van der Waals surface area (Å²) in [5.74, 6) is -1.00. The molecular weight excluding hydrogens is 246 g/mol. The summed E-state index contributed by atoms with van der Waals surface area (Å²) >= 11 is 0. The van der Waals surface area contributed by atoms with Gasteiger partial charge in [-0.25, -0.2) is 9.78 Å². The van der Waals surface area contributed by atoms with Crippen LogP contribution in [0.3, 0.4) is 0 Å². The van der Waals surface area contributed by atoms with Gasteiger partial charge in [0.2, 0.25) is 0 Å². The zero-order valence-electron chi connectivity index (χ0n) is 10.8. The topological polar surface area (TPSA) is 74.7 Å². The second kappa shape index (κ2) is 7.06. The molecular formula is C13H19N3O3. The van der Waals surface area contributed by atoms with Crippen molar-refractivity contribution in [2.75, 3.05) is 44.7 Å². The van der Waals surface area contributed by atoms with Crippen LogP contribution in [0.5, 0.6) is 0 Å². The Labute approximate surface area is 112 Å². The lowest BCUT2D eigenvalue weighted by atomic mass is 10.3. The van der Waals surface area contributed by atoms with Crippen LogP contribution in [0.1, 0.15) is 16.9 Å². The van der Waals surface area contributed by atoms with Crippen molar-refractivity contribution in [2.24, 2.45) is 0 Å². The Balaban J connectivity index is 1.66. The summed E-state index contributed by atoms with van der Waals surface area (Å²) < 4.78 is 5.29. The Hall–Kier alpha value is -1.66. The Morgan fingerprint density at radius 3 is 2.84 bits per heavy atom. The normalized spacial score (nSPS) is 16.2. The smallest absolute Gasteiger partial charge is 0.354 e. The van der Waals surface area contributed by atoms with Gasteiger partial charge < -0.3 is 15.2 Å². The number of rotatable bonds is 6. The molecule has 2 rings (SSSR count). The molecule has 0 aliphatic carbocycles. The molecule has 0 bridgehead atoms. The second-order valence-corrected chi connectivity index (χ2v) is 4.47. The number of ether oxygens (including phenoxy) is 1. The van der Waals surface area contributed by atoms with E-state index in [1.807, 2.05) is 0 Å². The van der Waals surface area contributed by atoms with Gasteiger partial charge in [0.05, 0.1) is 25.1 Å². The molecule has 19 heavy (non-hydrogen) atoms. The molecule has 1 aliphatic heterocycles. The number of hydrogen-bond donors (Lipinski definition) is 2. The van der Waals surface area contributed by atoms with E-state index in [-0.39, 0.29) is 5.69 Å². The summed E-state index contributed by atoms with van der Waals surface area (Å²) in [6.45, 7) is 5.58. The molecule has 0 aromatic carbocycles. The quantitative estimate of drug-likeness (QED) is 0.745. The van der Waals surface area contributed by atoms with Crippen molar-refractivity contribution >= 4 is 11.7 Å². The van der Waals surface area contributed by atoms with Gasteiger partial charge in [-0.2, -0.15) is 0 Å². The van der Waals surface area contributed by atoms with Crippen molar-refractivity contribution in [1.29, 1.82) is 0 Å². The van der Waals surface area contributed by atoms with E-state index < -0.39 is 5.97 Å². The average Bonchev–Trinajstić information content (AvgIpc) is 2.45. The molecule has 1 saturated heterocycles. The van der Waals surface area contributed by atoms with E-state index in [1.165, 1.54) is 6.07 Å². The molecule has 0 unspecified atom stereocenters. The first kappa shape index (κ1) is 13.8. The molecule has 1 aromatic heterocycles. The summed E-state index contributed by atoms with van der Waals surface area (Å²) in [6, 6.07) is 3.25. The van der Waals surface area contributed by atoms with Crippen LogP contribution in [0.2, 0.25) is 0 Å². The lowest BCUT2D eigenvalue weighted by molar-refractivity contribution is 0.0378. The first-order valence-corrected chi connectivity index (χ1v) is 6.49. The van der Waals surface area contributed by atoms with Crippen molar-refractivity contribution in [3.8, 4) is 0 Å². The predicted octanol–water partition coefficient (Wildman–Crippen LogP) is 0.914. The lowest BCUT2D eigenvalue weighted by Gasteiger charge is -2.26. The van der Waals surface area contributed by atoms with E-state index in [4.69, 9.17) is 9.84 Å². The Bertz CT molecular complexity index is 402. The SMILES string of the molecule is O=C(O)c1ccc(NCCCN2CCOCC2)cn1. The molecule has 2 N–H and O–H groups in total. The van der Waals surface area contributed by atoms with Crippen molar-refractivity contribution in [3.05, 3.63) is 24.0 Å². The molecule has 0 amide bonds. The molecule has 0 atom stereocenters. The molecule has 104 valence electrons. The van der Waals surface area contributed by atoms with Crippen molar-refractivity contribution in [2.45, 2.75) is 6.42 Å². The van der Waals surface area contributed by atoms with E-state index in [0.29, 0.717) is 0 Å². The fraction of sp³-hybridized carbons (Fsp3) is 0.538. The molecule has 0 saturated carbocycles. The summed E-state index contributed by atoms with van der Waals surface area (Å²) in [7, 11) is 0. The van der Waals surface area contributed by atoms with Crippen LogP contribution in [0.15, 0.2) is 18.3 Å². The largest absolute Gasteiger partial charge is 0.477 e. The fourth-order valence-corrected chi connectivity index (χ4v) is 1.99. The predicted molar refractivity (Wildman–Crippen MR) is 71.6 cm³/mol. The first-order valence-electron chi connectivity index (χ1n) is 6.49. The maximum atomic E-state index is 10.6. The maximum absolute atomic E-state index is 10.6. The average molecular weight is 265 g/mol. The number of aromatic nitrogens is 1. The molecule has 0 radical (unpaired) electrons. The van der Waals surface area contributed by atoms with Crippen LogP contribution in [0.25, 0.3) is 0 Å². The van der Waals surface area contributed by atoms with Gasteiger partial charge in [-0.3, -0.25) is 4.90 Å². The lowest BCUT2D eigenvalue weighted by Crippen LogP contribution is -2.37. The molecule has 1 aromatic rings. The Morgan fingerprint density at radius 1 is 1.42 bits per heavy atom. The van der Waals surface area contributed by atoms with Gasteiger partial charge in [0.25, 0.3) is 0 Å². The molecule has 0 spiro atoms. The first-order chi connectivity index (χ1) is 9.25. The molecule has 1 aliphatic rings. The number of pyridine rings is 1. The number of carboxylic acids is 1. The summed E-state index contributed by atoms with van der Waals surface area (Å²) in [5.41, 5.74) is 0.922. The summed E-state index contributed by atoms with van der Waals surface area (Å²) in [4.78, 5) is 16.9. The highest BCUT2D eigenvalue weighted by Gasteiger charge is 2.09. The monoisotopic (exact) mass is 265 g/mol. The van der Waals surface area contributed by atoms with Crippen molar-refractivity contribution in [1.82, 2.24) is 9.88 Å². The number of nitrogens with zero attached hydrogens (tertiary/aromatic N) is 2. The number of hydrogen-bond acceptors (Lipinski definition) is 5. The molecule has 1 fully saturated rings. The van der Waals surface area contributed by atoms with E-state index in [2.05, 4.69) is 15.2 Å². The number of morpholine rings is 1. The minimum Gasteiger partial charge on any atom is -0.477 e. The third kappa shape index (κ3) is 4.50. The summed E-state index contributed by atoms with van der Waals surface area (Å²) in [5, 5.41) is 12.0. The highest BCUT2D eigenvalue weighted by Crippen LogP contribution is 2.06. The van der Waals surface area contributed by atoms with E-state index >= 15 is 0 Å². The van der Waals surface area contributed by atoms with Crippen LogP contribution >= 0.6 is 0 Å². The molecule has 6 heteroatoms. The number of nitrogens with one attached hydrogen (secondary N) is 1. The third-order valence-corrected chi connectivity index (χ3v) is 3.07. The van der Waals surface area contributed by atoms with Crippen molar-refractivity contribution < 1.29 is 14.6 Å². The van der Waals surface area contributed by atoms with Gasteiger partial charge in [-0.15, -0.1) is 0 Å². The van der Waals surface area contributed by atoms with Crippen molar-refractivity contribution in [3.63, 3.8) is 0 Å². The van der Waals surface area contributed by atoms with Gasteiger partial charge in [-0.05, 0) is 25.1 Å². The Morgan fingerprint density at radius 2 is 2.21 bits per heavy atom. The van der Waals surface area contributed by atoms with Gasteiger partial charge in [0.15, 0.2) is 0 Å². The van der Waals surface area contributed by atoms with Gasteiger partial charge in [0, 0.05) is 19.6 Å². The zero-order valence-corrected chi connectivity index (χ0v) is 10.8. The van der Waals surface area contributed by atoms with Gasteiger partial charge in [0.1, 0.15) is 5.69 Å². The number of aromatic carboxylic acids is 1.